The molecule has 0 aliphatic carbocycles. The lowest BCUT2D eigenvalue weighted by Gasteiger charge is -2.23. The van der Waals surface area contributed by atoms with Crippen molar-refractivity contribution in [1.29, 1.82) is 0 Å². The van der Waals surface area contributed by atoms with Crippen LogP contribution in [0.2, 0.25) is 0 Å². The first-order valence-electron chi connectivity index (χ1n) is 8.26. The number of carbonyl (C=O) groups excluding carboxylic acids is 2. The molecule has 0 aliphatic heterocycles. The van der Waals surface area contributed by atoms with Crippen LogP contribution < -0.4 is 15.8 Å². The standard InChI is InChI=1S/C18H26N2O6/c1-18(2,3)26-17(24)20-13(7-8-15(19)21)11-25-14-6-4-5-12(9-14)10-16(22)23/h4-6,9,13H,7-8,10-11H2,1-3H3,(H2,19,21)(H,20,24)(H,22,23)/t13-/m0/s1. The topological polar surface area (TPSA) is 128 Å². The summed E-state index contributed by atoms with van der Waals surface area (Å²) in [5, 5.41) is 11.5. The molecule has 1 atom stereocenters. The van der Waals surface area contributed by atoms with Crippen molar-refractivity contribution >= 4 is 18.0 Å². The summed E-state index contributed by atoms with van der Waals surface area (Å²) in [4.78, 5) is 33.7. The van der Waals surface area contributed by atoms with Crippen molar-refractivity contribution in [3.63, 3.8) is 0 Å². The molecule has 0 fully saturated rings. The summed E-state index contributed by atoms with van der Waals surface area (Å²) in [6.07, 6.45) is -0.347. The fraction of sp³-hybridized carbons (Fsp3) is 0.500. The van der Waals surface area contributed by atoms with E-state index in [1.54, 1.807) is 45.0 Å². The molecule has 0 aliphatic rings. The zero-order valence-corrected chi connectivity index (χ0v) is 15.3. The monoisotopic (exact) mass is 366 g/mol. The highest BCUT2D eigenvalue weighted by Gasteiger charge is 2.20. The van der Waals surface area contributed by atoms with Gasteiger partial charge in [-0.1, -0.05) is 12.1 Å². The number of amides is 2. The van der Waals surface area contributed by atoms with Gasteiger partial charge in [-0.2, -0.15) is 0 Å². The van der Waals surface area contributed by atoms with Gasteiger partial charge in [0.1, 0.15) is 18.0 Å². The number of carboxylic acids is 1. The molecule has 0 aromatic heterocycles. The van der Waals surface area contributed by atoms with Crippen LogP contribution in [-0.2, 0) is 20.7 Å². The Bertz CT molecular complexity index is 639. The number of hydrogen-bond donors (Lipinski definition) is 3. The minimum Gasteiger partial charge on any atom is -0.491 e. The van der Waals surface area contributed by atoms with E-state index in [0.717, 1.165) is 0 Å². The van der Waals surface area contributed by atoms with E-state index in [2.05, 4.69) is 5.32 Å². The Morgan fingerprint density at radius 1 is 1.27 bits per heavy atom. The molecule has 0 heterocycles. The lowest BCUT2D eigenvalue weighted by Crippen LogP contribution is -2.42. The SMILES string of the molecule is CC(C)(C)OC(=O)N[C@@H](CCC(N)=O)COc1cccc(CC(=O)O)c1. The molecule has 4 N–H and O–H groups in total. The molecular formula is C18H26N2O6. The maximum Gasteiger partial charge on any atom is 0.407 e. The zero-order chi connectivity index (χ0) is 19.7. The molecule has 8 heteroatoms. The largest absolute Gasteiger partial charge is 0.491 e. The predicted octanol–water partition coefficient (Wildman–Crippen LogP) is 1.85. The maximum atomic E-state index is 11.9. The molecule has 1 rings (SSSR count). The third kappa shape index (κ3) is 9.51. The molecule has 8 nitrogen and oxygen atoms in total. The minimum atomic E-state index is -0.937. The average molecular weight is 366 g/mol. The van der Waals surface area contributed by atoms with E-state index in [1.807, 2.05) is 0 Å². The number of rotatable bonds is 9. The molecule has 0 saturated heterocycles. The molecular weight excluding hydrogens is 340 g/mol. The summed E-state index contributed by atoms with van der Waals surface area (Å²) in [6, 6.07) is 6.19. The molecule has 0 bridgehead atoms. The minimum absolute atomic E-state index is 0.0862. The number of carbonyl (C=O) groups is 3. The van der Waals surface area contributed by atoms with Gasteiger partial charge in [0.15, 0.2) is 0 Å². The van der Waals surface area contributed by atoms with E-state index in [0.29, 0.717) is 17.7 Å². The number of benzene rings is 1. The van der Waals surface area contributed by atoms with Crippen LogP contribution in [0.5, 0.6) is 5.75 Å². The van der Waals surface area contributed by atoms with Gasteiger partial charge in [-0.05, 0) is 44.9 Å². The van der Waals surface area contributed by atoms with Crippen molar-refractivity contribution in [3.8, 4) is 5.75 Å². The zero-order valence-electron chi connectivity index (χ0n) is 15.3. The summed E-state index contributed by atoms with van der Waals surface area (Å²) in [7, 11) is 0. The van der Waals surface area contributed by atoms with Gasteiger partial charge in [0.25, 0.3) is 0 Å². The van der Waals surface area contributed by atoms with Gasteiger partial charge in [-0.25, -0.2) is 4.79 Å². The Balaban J connectivity index is 2.68. The normalized spacial score (nSPS) is 12.1. The van der Waals surface area contributed by atoms with Crippen LogP contribution in [0.15, 0.2) is 24.3 Å². The highest BCUT2D eigenvalue weighted by Crippen LogP contribution is 2.15. The Labute approximate surface area is 152 Å². The number of hydrogen-bond acceptors (Lipinski definition) is 5. The van der Waals surface area contributed by atoms with Crippen molar-refractivity contribution in [2.24, 2.45) is 5.73 Å². The smallest absolute Gasteiger partial charge is 0.407 e. The third-order valence-electron chi connectivity index (χ3n) is 3.17. The van der Waals surface area contributed by atoms with E-state index < -0.39 is 29.6 Å². The van der Waals surface area contributed by atoms with Gasteiger partial charge in [-0.15, -0.1) is 0 Å². The molecule has 2 amide bonds. The van der Waals surface area contributed by atoms with Gasteiger partial charge in [0.2, 0.25) is 5.91 Å². The van der Waals surface area contributed by atoms with Gasteiger partial charge >= 0.3 is 12.1 Å². The summed E-state index contributed by atoms with van der Waals surface area (Å²) in [5.41, 5.74) is 5.12. The first-order valence-corrected chi connectivity index (χ1v) is 8.26. The highest BCUT2D eigenvalue weighted by molar-refractivity contribution is 5.74. The number of ether oxygens (including phenoxy) is 2. The molecule has 144 valence electrons. The highest BCUT2D eigenvalue weighted by atomic mass is 16.6. The van der Waals surface area contributed by atoms with E-state index >= 15 is 0 Å². The van der Waals surface area contributed by atoms with Gasteiger partial charge in [0, 0.05) is 6.42 Å². The Kier molecular flexibility index (Phi) is 7.89. The lowest BCUT2D eigenvalue weighted by atomic mass is 10.1. The van der Waals surface area contributed by atoms with Crippen LogP contribution in [0.4, 0.5) is 4.79 Å². The number of nitrogens with one attached hydrogen (secondary N) is 1. The second-order valence-corrected chi connectivity index (χ2v) is 6.88. The molecule has 0 spiro atoms. The number of nitrogens with two attached hydrogens (primary N) is 1. The molecule has 1 aromatic carbocycles. The van der Waals surface area contributed by atoms with Crippen molar-refractivity contribution in [2.45, 2.75) is 51.7 Å². The summed E-state index contributed by atoms with van der Waals surface area (Å²) in [6.45, 7) is 5.32. The number of alkyl carbamates (subject to hydrolysis) is 1. The fourth-order valence-electron chi connectivity index (χ4n) is 2.10. The fourth-order valence-corrected chi connectivity index (χ4v) is 2.10. The molecule has 0 saturated carbocycles. The number of primary amides is 1. The Morgan fingerprint density at radius 3 is 2.54 bits per heavy atom. The second kappa shape index (κ2) is 9.65. The van der Waals surface area contributed by atoms with Crippen molar-refractivity contribution in [3.05, 3.63) is 29.8 Å². The first kappa shape index (κ1) is 21.3. The van der Waals surface area contributed by atoms with Crippen LogP contribution in [-0.4, -0.2) is 41.3 Å². The van der Waals surface area contributed by atoms with Crippen LogP contribution in [0.1, 0.15) is 39.2 Å². The van der Waals surface area contributed by atoms with Crippen molar-refractivity contribution in [2.75, 3.05) is 6.61 Å². The summed E-state index contributed by atoms with van der Waals surface area (Å²) >= 11 is 0. The van der Waals surface area contributed by atoms with Gasteiger partial charge in [-0.3, -0.25) is 9.59 Å². The molecule has 0 unspecified atom stereocenters. The van der Waals surface area contributed by atoms with Crippen molar-refractivity contribution < 1.29 is 29.0 Å². The summed E-state index contributed by atoms with van der Waals surface area (Å²) < 4.78 is 10.8. The van der Waals surface area contributed by atoms with E-state index in [1.165, 1.54) is 0 Å². The number of carboxylic acid groups (broad SMARTS) is 1. The van der Waals surface area contributed by atoms with Crippen LogP contribution in [0.25, 0.3) is 0 Å². The Morgan fingerprint density at radius 2 is 1.96 bits per heavy atom. The van der Waals surface area contributed by atoms with E-state index in [-0.39, 0.29) is 19.4 Å². The molecule has 26 heavy (non-hydrogen) atoms. The van der Waals surface area contributed by atoms with Crippen LogP contribution >= 0.6 is 0 Å². The molecule has 1 aromatic rings. The second-order valence-electron chi connectivity index (χ2n) is 6.88. The van der Waals surface area contributed by atoms with Gasteiger partial charge in [0.05, 0.1) is 12.5 Å². The van der Waals surface area contributed by atoms with Crippen molar-refractivity contribution in [1.82, 2.24) is 5.32 Å². The molecule has 0 radical (unpaired) electrons. The first-order chi connectivity index (χ1) is 12.0. The van der Waals surface area contributed by atoms with E-state index in [9.17, 15) is 14.4 Å². The van der Waals surface area contributed by atoms with Crippen LogP contribution in [0.3, 0.4) is 0 Å². The van der Waals surface area contributed by atoms with E-state index in [4.69, 9.17) is 20.3 Å². The quantitative estimate of drug-likeness (QED) is 0.612. The maximum absolute atomic E-state index is 11.9. The predicted molar refractivity (Wildman–Crippen MR) is 94.9 cm³/mol. The Hall–Kier alpha value is -2.77. The summed E-state index contributed by atoms with van der Waals surface area (Å²) in [5.74, 6) is -0.948. The lowest BCUT2D eigenvalue weighted by molar-refractivity contribution is -0.136. The van der Waals surface area contributed by atoms with Gasteiger partial charge < -0.3 is 25.6 Å². The van der Waals surface area contributed by atoms with Crippen LogP contribution in [0, 0.1) is 0 Å². The number of aliphatic carboxylic acids is 1. The average Bonchev–Trinajstić information content (AvgIpc) is 2.47. The third-order valence-corrected chi connectivity index (χ3v) is 3.17.